The molecule has 1 N–H and O–H groups in total. The minimum absolute atomic E-state index is 0.0938. The van der Waals surface area contributed by atoms with E-state index in [2.05, 4.69) is 21.5 Å². The van der Waals surface area contributed by atoms with E-state index in [0.29, 0.717) is 0 Å². The molecule has 138 valence electrons. The van der Waals surface area contributed by atoms with Crippen molar-refractivity contribution in [3.05, 3.63) is 18.0 Å². The van der Waals surface area contributed by atoms with Crippen molar-refractivity contribution in [3.63, 3.8) is 0 Å². The molecule has 0 saturated carbocycles. The second kappa shape index (κ2) is 6.96. The first-order valence-corrected chi connectivity index (χ1v) is 9.51. The summed E-state index contributed by atoms with van der Waals surface area (Å²) in [6, 6.07) is 0.352. The van der Waals surface area contributed by atoms with Gasteiger partial charge < -0.3 is 15.0 Å². The van der Waals surface area contributed by atoms with Crippen LogP contribution < -0.4 is 5.32 Å². The summed E-state index contributed by atoms with van der Waals surface area (Å²) >= 11 is 0. The van der Waals surface area contributed by atoms with Crippen LogP contribution in [0, 0.1) is 0 Å². The predicted molar refractivity (Wildman–Crippen MR) is 94.1 cm³/mol. The molecule has 3 aliphatic heterocycles. The smallest absolute Gasteiger partial charge is 0.317 e. The van der Waals surface area contributed by atoms with Crippen molar-refractivity contribution in [2.24, 2.45) is 7.05 Å². The molecule has 4 rings (SSSR count). The van der Waals surface area contributed by atoms with Crippen molar-refractivity contribution in [2.75, 3.05) is 32.8 Å². The number of hydrogen-bond donors (Lipinski definition) is 1. The summed E-state index contributed by atoms with van der Waals surface area (Å²) in [5, 5.41) is 7.51. The maximum Gasteiger partial charge on any atom is 0.317 e. The highest BCUT2D eigenvalue weighted by molar-refractivity contribution is 5.74. The number of carbonyl (C=O) groups is 1. The normalized spacial score (nSPS) is 30.3. The standard InChI is InChI=1S/C18H29N5O2/c1-21-12-15(11-19-21)13-22-8-5-18(14-22)10-16(4-9-25-18)20-17(24)23-6-2-3-7-23/h11-12,16H,2-10,13-14H2,1H3,(H,20,24)/t16-,18+/m1/s1. The molecule has 1 spiro atoms. The third-order valence-corrected chi connectivity index (χ3v) is 5.77. The van der Waals surface area contributed by atoms with Gasteiger partial charge in [0, 0.05) is 64.2 Å². The van der Waals surface area contributed by atoms with Crippen molar-refractivity contribution in [1.29, 1.82) is 0 Å². The Morgan fingerprint density at radius 2 is 2.24 bits per heavy atom. The minimum Gasteiger partial charge on any atom is -0.373 e. The number of nitrogens with zero attached hydrogens (tertiary/aromatic N) is 4. The molecule has 4 heterocycles. The van der Waals surface area contributed by atoms with Crippen LogP contribution in [-0.4, -0.2) is 70.0 Å². The monoisotopic (exact) mass is 347 g/mol. The Morgan fingerprint density at radius 1 is 1.40 bits per heavy atom. The molecule has 2 atom stereocenters. The topological polar surface area (TPSA) is 62.6 Å². The average molecular weight is 347 g/mol. The number of hydrogen-bond acceptors (Lipinski definition) is 4. The van der Waals surface area contributed by atoms with E-state index in [4.69, 9.17) is 4.74 Å². The zero-order valence-corrected chi connectivity index (χ0v) is 15.1. The van der Waals surface area contributed by atoms with E-state index in [1.165, 1.54) is 5.56 Å². The van der Waals surface area contributed by atoms with Gasteiger partial charge in [0.25, 0.3) is 0 Å². The lowest BCUT2D eigenvalue weighted by Crippen LogP contribution is -2.52. The summed E-state index contributed by atoms with van der Waals surface area (Å²) in [6.45, 7) is 5.45. The molecule has 7 heteroatoms. The summed E-state index contributed by atoms with van der Waals surface area (Å²) in [5.41, 5.74) is 1.15. The van der Waals surface area contributed by atoms with Crippen LogP contribution in [0.2, 0.25) is 0 Å². The van der Waals surface area contributed by atoms with E-state index in [1.807, 2.05) is 22.8 Å². The van der Waals surface area contributed by atoms with Gasteiger partial charge in [-0.2, -0.15) is 5.10 Å². The number of carbonyl (C=O) groups excluding carboxylic acids is 1. The number of rotatable bonds is 3. The Labute approximate surface area is 149 Å². The summed E-state index contributed by atoms with van der Waals surface area (Å²) in [4.78, 5) is 16.8. The van der Waals surface area contributed by atoms with Crippen LogP contribution in [0.15, 0.2) is 12.4 Å². The van der Waals surface area contributed by atoms with E-state index in [1.54, 1.807) is 0 Å². The third-order valence-electron chi connectivity index (χ3n) is 5.77. The number of likely N-dealkylation sites (tertiary alicyclic amines) is 2. The van der Waals surface area contributed by atoms with Crippen LogP contribution in [0.25, 0.3) is 0 Å². The Kier molecular flexibility index (Phi) is 4.69. The van der Waals surface area contributed by atoms with Crippen LogP contribution in [0.5, 0.6) is 0 Å². The summed E-state index contributed by atoms with van der Waals surface area (Å²) < 4.78 is 8.06. The highest BCUT2D eigenvalue weighted by Gasteiger charge is 2.43. The van der Waals surface area contributed by atoms with E-state index >= 15 is 0 Å². The van der Waals surface area contributed by atoms with Gasteiger partial charge in [-0.3, -0.25) is 9.58 Å². The fraction of sp³-hybridized carbons (Fsp3) is 0.778. The summed E-state index contributed by atoms with van der Waals surface area (Å²) in [5.74, 6) is 0. The first-order chi connectivity index (χ1) is 12.1. The minimum atomic E-state index is -0.0938. The van der Waals surface area contributed by atoms with Crippen molar-refractivity contribution in [1.82, 2.24) is 24.9 Å². The lowest BCUT2D eigenvalue weighted by atomic mass is 9.89. The molecule has 25 heavy (non-hydrogen) atoms. The molecule has 1 aromatic rings. The second-order valence-corrected chi connectivity index (χ2v) is 7.85. The van der Waals surface area contributed by atoms with Gasteiger partial charge in [-0.05, 0) is 32.1 Å². The molecule has 1 aromatic heterocycles. The molecule has 0 unspecified atom stereocenters. The van der Waals surface area contributed by atoms with E-state index in [9.17, 15) is 4.79 Å². The fourth-order valence-electron chi connectivity index (χ4n) is 4.50. The Bertz CT molecular complexity index is 612. The molecule has 0 aliphatic carbocycles. The van der Waals surface area contributed by atoms with Crippen molar-refractivity contribution >= 4 is 6.03 Å². The van der Waals surface area contributed by atoms with Crippen LogP contribution >= 0.6 is 0 Å². The van der Waals surface area contributed by atoms with Crippen molar-refractivity contribution in [2.45, 2.75) is 50.3 Å². The lowest BCUT2D eigenvalue weighted by molar-refractivity contribution is -0.0792. The quantitative estimate of drug-likeness (QED) is 0.897. The molecular weight excluding hydrogens is 318 g/mol. The van der Waals surface area contributed by atoms with E-state index < -0.39 is 0 Å². The molecule has 0 aromatic carbocycles. The van der Waals surface area contributed by atoms with Gasteiger partial charge in [-0.25, -0.2) is 4.79 Å². The molecule has 3 fully saturated rings. The lowest BCUT2D eigenvalue weighted by Gasteiger charge is -2.39. The molecule has 0 radical (unpaired) electrons. The molecule has 0 bridgehead atoms. The van der Waals surface area contributed by atoms with Gasteiger partial charge in [0.15, 0.2) is 0 Å². The number of aromatic nitrogens is 2. The largest absolute Gasteiger partial charge is 0.373 e. The zero-order valence-electron chi connectivity index (χ0n) is 15.1. The van der Waals surface area contributed by atoms with Crippen LogP contribution in [-0.2, 0) is 18.3 Å². The number of aryl methyl sites for hydroxylation is 1. The van der Waals surface area contributed by atoms with Gasteiger partial charge in [-0.15, -0.1) is 0 Å². The number of urea groups is 1. The average Bonchev–Trinajstić information content (AvgIpc) is 3.31. The summed E-state index contributed by atoms with van der Waals surface area (Å²) in [7, 11) is 1.95. The van der Waals surface area contributed by atoms with Crippen molar-refractivity contribution < 1.29 is 9.53 Å². The highest BCUT2D eigenvalue weighted by atomic mass is 16.5. The maximum atomic E-state index is 12.4. The predicted octanol–water partition coefficient (Wildman–Crippen LogP) is 1.35. The molecule has 7 nitrogen and oxygen atoms in total. The molecule has 2 amide bonds. The molecule has 3 aliphatic rings. The molecule has 3 saturated heterocycles. The Hall–Kier alpha value is -1.60. The number of nitrogens with one attached hydrogen (secondary N) is 1. The number of ether oxygens (including phenoxy) is 1. The van der Waals surface area contributed by atoms with E-state index in [0.717, 1.165) is 71.4 Å². The third kappa shape index (κ3) is 3.82. The zero-order chi connectivity index (χ0) is 17.3. The van der Waals surface area contributed by atoms with Crippen LogP contribution in [0.4, 0.5) is 4.79 Å². The van der Waals surface area contributed by atoms with Gasteiger partial charge in [0.1, 0.15) is 0 Å². The van der Waals surface area contributed by atoms with Gasteiger partial charge in [0.2, 0.25) is 0 Å². The highest BCUT2D eigenvalue weighted by Crippen LogP contribution is 2.35. The first kappa shape index (κ1) is 16.8. The number of amides is 2. The molecular formula is C18H29N5O2. The SMILES string of the molecule is Cn1cc(CN2CC[C@]3(C[C@H](NC(=O)N4CCCC4)CCO3)C2)cn1. The Morgan fingerprint density at radius 3 is 3.00 bits per heavy atom. The summed E-state index contributed by atoms with van der Waals surface area (Å²) in [6.07, 6.45) is 9.17. The maximum absolute atomic E-state index is 12.4. The Balaban J connectivity index is 1.32. The van der Waals surface area contributed by atoms with Crippen LogP contribution in [0.3, 0.4) is 0 Å². The first-order valence-electron chi connectivity index (χ1n) is 9.51. The van der Waals surface area contributed by atoms with Crippen molar-refractivity contribution in [3.8, 4) is 0 Å². The van der Waals surface area contributed by atoms with Gasteiger partial charge in [-0.1, -0.05) is 0 Å². The van der Waals surface area contributed by atoms with E-state index in [-0.39, 0.29) is 17.7 Å². The van der Waals surface area contributed by atoms with Gasteiger partial charge >= 0.3 is 6.03 Å². The second-order valence-electron chi connectivity index (χ2n) is 7.85. The van der Waals surface area contributed by atoms with Crippen LogP contribution in [0.1, 0.15) is 37.7 Å². The van der Waals surface area contributed by atoms with Gasteiger partial charge in [0.05, 0.1) is 11.8 Å². The fourth-order valence-corrected chi connectivity index (χ4v) is 4.50.